The molecule has 0 amide bonds. The molecule has 0 bridgehead atoms. The second-order valence-corrected chi connectivity index (χ2v) is 14.4. The van der Waals surface area contributed by atoms with Crippen molar-refractivity contribution >= 4 is 44.9 Å². The lowest BCUT2D eigenvalue weighted by Gasteiger charge is -2.29. The van der Waals surface area contributed by atoms with Gasteiger partial charge in [-0.05, 0) is 124 Å². The van der Waals surface area contributed by atoms with Crippen LogP contribution in [0, 0.1) is 5.41 Å². The first-order valence-electron chi connectivity index (χ1n) is 17.9. The van der Waals surface area contributed by atoms with Crippen molar-refractivity contribution in [3.05, 3.63) is 181 Å². The summed E-state index contributed by atoms with van der Waals surface area (Å²) in [5.41, 5.74) is 10.9. The predicted molar refractivity (Wildman–Crippen MR) is 216 cm³/mol. The Labute approximate surface area is 298 Å². The molecule has 1 unspecified atom stereocenters. The van der Waals surface area contributed by atoms with E-state index in [0.29, 0.717) is 5.92 Å². The number of anilines is 6. The molecule has 2 heteroatoms. The molecular weight excluding hydrogens is 605 g/mol. The zero-order chi connectivity index (χ0) is 34.5. The Hall–Kier alpha value is -5.60. The first-order valence-corrected chi connectivity index (χ1v) is 17.9. The highest BCUT2D eigenvalue weighted by atomic mass is 15.2. The van der Waals surface area contributed by atoms with Gasteiger partial charge in [0, 0.05) is 34.1 Å². The molecule has 0 spiro atoms. The molecule has 0 aliphatic heterocycles. The second-order valence-electron chi connectivity index (χ2n) is 14.4. The van der Waals surface area contributed by atoms with Gasteiger partial charge in [0.15, 0.2) is 0 Å². The SMILES string of the molecule is CCC(CC(C)(C)C)c1ccc(N(c2ccc(N(c3ccccc3)c3ccc(-c4ccccc4)cc3)cc2)c2ccc3ccccc3c2)cc1. The molecule has 0 saturated carbocycles. The van der Waals surface area contributed by atoms with Gasteiger partial charge in [0.2, 0.25) is 0 Å². The number of hydrogen-bond acceptors (Lipinski definition) is 2. The number of benzene rings is 7. The Kier molecular flexibility index (Phi) is 9.54. The molecule has 0 heterocycles. The van der Waals surface area contributed by atoms with E-state index in [-0.39, 0.29) is 5.41 Å². The molecule has 0 radical (unpaired) electrons. The molecule has 0 saturated heterocycles. The maximum absolute atomic E-state index is 2.38. The molecule has 1 atom stereocenters. The largest absolute Gasteiger partial charge is 0.311 e. The van der Waals surface area contributed by atoms with Crippen molar-refractivity contribution in [2.24, 2.45) is 5.41 Å². The third-order valence-corrected chi connectivity index (χ3v) is 9.58. The fourth-order valence-corrected chi connectivity index (χ4v) is 7.10. The van der Waals surface area contributed by atoms with Gasteiger partial charge >= 0.3 is 0 Å². The zero-order valence-electron chi connectivity index (χ0n) is 29.6. The van der Waals surface area contributed by atoms with Crippen LogP contribution in [0.25, 0.3) is 21.9 Å². The van der Waals surface area contributed by atoms with Crippen molar-refractivity contribution in [1.29, 1.82) is 0 Å². The predicted octanol–water partition coefficient (Wildman–Crippen LogP) is 14.4. The molecule has 2 nitrogen and oxygen atoms in total. The smallest absolute Gasteiger partial charge is 0.0468 e. The Bertz CT molecular complexity index is 2130. The molecule has 7 aromatic rings. The fourth-order valence-electron chi connectivity index (χ4n) is 7.10. The molecule has 0 aliphatic carbocycles. The van der Waals surface area contributed by atoms with E-state index in [4.69, 9.17) is 0 Å². The highest BCUT2D eigenvalue weighted by molar-refractivity contribution is 5.89. The maximum atomic E-state index is 2.38. The van der Waals surface area contributed by atoms with E-state index in [1.54, 1.807) is 0 Å². The van der Waals surface area contributed by atoms with Crippen LogP contribution in [0.5, 0.6) is 0 Å². The summed E-state index contributed by atoms with van der Waals surface area (Å²) >= 11 is 0. The monoisotopic (exact) mass is 650 g/mol. The Morgan fingerprint density at radius 1 is 0.420 bits per heavy atom. The molecule has 0 aromatic heterocycles. The van der Waals surface area contributed by atoms with Crippen LogP contribution in [0.4, 0.5) is 34.1 Å². The second kappa shape index (κ2) is 14.5. The van der Waals surface area contributed by atoms with Gasteiger partial charge in [0.05, 0.1) is 0 Å². The van der Waals surface area contributed by atoms with E-state index in [2.05, 4.69) is 213 Å². The summed E-state index contributed by atoms with van der Waals surface area (Å²) in [6.45, 7) is 9.33. The number of hydrogen-bond donors (Lipinski definition) is 0. The van der Waals surface area contributed by atoms with Gasteiger partial charge in [-0.25, -0.2) is 0 Å². The number of rotatable bonds is 10. The van der Waals surface area contributed by atoms with Gasteiger partial charge in [-0.2, -0.15) is 0 Å². The summed E-state index contributed by atoms with van der Waals surface area (Å²) in [4.78, 5) is 4.71. The third kappa shape index (κ3) is 7.36. The molecular formula is C48H46N2. The van der Waals surface area contributed by atoms with Gasteiger partial charge in [-0.15, -0.1) is 0 Å². The van der Waals surface area contributed by atoms with Crippen LogP contribution in [-0.2, 0) is 0 Å². The van der Waals surface area contributed by atoms with E-state index < -0.39 is 0 Å². The average Bonchev–Trinajstić information content (AvgIpc) is 3.16. The lowest BCUT2D eigenvalue weighted by molar-refractivity contribution is 0.335. The maximum Gasteiger partial charge on any atom is 0.0468 e. The van der Waals surface area contributed by atoms with Crippen LogP contribution in [0.3, 0.4) is 0 Å². The van der Waals surface area contributed by atoms with Crippen molar-refractivity contribution in [2.75, 3.05) is 9.80 Å². The molecule has 50 heavy (non-hydrogen) atoms. The summed E-state index contributed by atoms with van der Waals surface area (Å²) in [6, 6.07) is 63.7. The van der Waals surface area contributed by atoms with E-state index >= 15 is 0 Å². The standard InChI is InChI=1S/C48H46N2/c1-5-36(35-48(2,3)4)39-20-25-44(26-21-39)50(47-29-24-38-16-12-13-17-41(38)34-47)46-32-30-45(31-33-46)49(42-18-10-7-11-19-42)43-27-22-40(23-28-43)37-14-8-6-9-15-37/h6-34,36H,5,35H2,1-4H3. The van der Waals surface area contributed by atoms with E-state index in [0.717, 1.165) is 40.5 Å². The molecule has 7 rings (SSSR count). The lowest BCUT2D eigenvalue weighted by Crippen LogP contribution is -2.13. The molecule has 0 aliphatic rings. The van der Waals surface area contributed by atoms with Gasteiger partial charge in [-0.3, -0.25) is 0 Å². The first-order chi connectivity index (χ1) is 24.4. The summed E-state index contributed by atoms with van der Waals surface area (Å²) in [5.74, 6) is 0.545. The van der Waals surface area contributed by atoms with Crippen molar-refractivity contribution in [3.8, 4) is 11.1 Å². The lowest BCUT2D eigenvalue weighted by atomic mass is 9.80. The average molecular weight is 651 g/mol. The molecule has 7 aromatic carbocycles. The molecule has 0 N–H and O–H groups in total. The number of nitrogens with zero attached hydrogens (tertiary/aromatic N) is 2. The van der Waals surface area contributed by atoms with Crippen LogP contribution in [0.15, 0.2) is 176 Å². The molecule has 248 valence electrons. The summed E-state index contributed by atoms with van der Waals surface area (Å²) in [6.07, 6.45) is 2.31. The van der Waals surface area contributed by atoms with E-state index in [1.165, 1.54) is 33.9 Å². The van der Waals surface area contributed by atoms with E-state index in [9.17, 15) is 0 Å². The Balaban J connectivity index is 1.27. The van der Waals surface area contributed by atoms with Crippen LogP contribution < -0.4 is 9.80 Å². The Morgan fingerprint density at radius 3 is 1.40 bits per heavy atom. The van der Waals surface area contributed by atoms with Gasteiger partial charge in [-0.1, -0.05) is 131 Å². The van der Waals surface area contributed by atoms with Gasteiger partial charge in [0.25, 0.3) is 0 Å². The van der Waals surface area contributed by atoms with Crippen molar-refractivity contribution in [1.82, 2.24) is 0 Å². The van der Waals surface area contributed by atoms with E-state index in [1.807, 2.05) is 0 Å². The fraction of sp³-hybridized carbons (Fsp3) is 0.167. The van der Waals surface area contributed by atoms with Crippen LogP contribution in [0.1, 0.15) is 52.0 Å². The zero-order valence-corrected chi connectivity index (χ0v) is 29.6. The van der Waals surface area contributed by atoms with Crippen LogP contribution in [-0.4, -0.2) is 0 Å². The van der Waals surface area contributed by atoms with Crippen LogP contribution >= 0.6 is 0 Å². The highest BCUT2D eigenvalue weighted by Crippen LogP contribution is 2.41. The topological polar surface area (TPSA) is 6.48 Å². The number of para-hydroxylation sites is 1. The third-order valence-electron chi connectivity index (χ3n) is 9.58. The van der Waals surface area contributed by atoms with Gasteiger partial charge in [0.1, 0.15) is 0 Å². The van der Waals surface area contributed by atoms with Crippen molar-refractivity contribution in [2.45, 2.75) is 46.5 Å². The van der Waals surface area contributed by atoms with Crippen LogP contribution in [0.2, 0.25) is 0 Å². The quantitative estimate of drug-likeness (QED) is 0.145. The minimum Gasteiger partial charge on any atom is -0.311 e. The minimum absolute atomic E-state index is 0.287. The minimum atomic E-state index is 0.287. The summed E-state index contributed by atoms with van der Waals surface area (Å²) < 4.78 is 0. The normalized spacial score (nSPS) is 12.1. The summed E-state index contributed by atoms with van der Waals surface area (Å²) in [5, 5.41) is 2.47. The molecule has 0 fully saturated rings. The van der Waals surface area contributed by atoms with Crippen molar-refractivity contribution in [3.63, 3.8) is 0 Å². The van der Waals surface area contributed by atoms with Gasteiger partial charge < -0.3 is 9.80 Å². The Morgan fingerprint density at radius 2 is 0.840 bits per heavy atom. The number of fused-ring (bicyclic) bond motifs is 1. The summed E-state index contributed by atoms with van der Waals surface area (Å²) in [7, 11) is 0. The van der Waals surface area contributed by atoms with Crippen molar-refractivity contribution < 1.29 is 0 Å². The first kappa shape index (κ1) is 32.9. The highest BCUT2D eigenvalue weighted by Gasteiger charge is 2.21.